The summed E-state index contributed by atoms with van der Waals surface area (Å²) in [4.78, 5) is 25.4. The number of benzene rings is 1. The van der Waals surface area contributed by atoms with Gasteiger partial charge in [0, 0.05) is 19.0 Å². The Hall–Kier alpha value is -1.88. The van der Waals surface area contributed by atoms with Gasteiger partial charge in [-0.3, -0.25) is 9.59 Å². The molecule has 0 aliphatic carbocycles. The molecule has 0 heterocycles. The molecule has 0 aliphatic rings. The zero-order valence-electron chi connectivity index (χ0n) is 14.0. The fourth-order valence-electron chi connectivity index (χ4n) is 1.79. The van der Waals surface area contributed by atoms with Gasteiger partial charge in [-0.2, -0.15) is 0 Å². The van der Waals surface area contributed by atoms with E-state index in [1.165, 1.54) is 5.56 Å². The van der Waals surface area contributed by atoms with Gasteiger partial charge in [-0.15, -0.1) is 0 Å². The van der Waals surface area contributed by atoms with Gasteiger partial charge in [0.25, 0.3) is 0 Å². The number of hydrogen-bond acceptors (Lipinski definition) is 3. The number of nitrogens with zero attached hydrogens (tertiary/aromatic N) is 1. The van der Waals surface area contributed by atoms with Crippen molar-refractivity contribution in [3.8, 4) is 0 Å². The molecular weight excluding hydrogens is 278 g/mol. The van der Waals surface area contributed by atoms with Crippen LogP contribution in [-0.2, 0) is 16.0 Å². The largest absolute Gasteiger partial charge is 0.353 e. The Balaban J connectivity index is 2.19. The summed E-state index contributed by atoms with van der Waals surface area (Å²) >= 11 is 0. The third-order valence-corrected chi connectivity index (χ3v) is 3.68. The summed E-state index contributed by atoms with van der Waals surface area (Å²) in [6, 6.07) is 8.39. The standard InChI is InChI=1S/C17H27N3O2/c1-13-5-7-15(8-6-13)9-10-16(21)19-12-17(22)18-11-14(2)20(3)4/h5-8,14H,9-12H2,1-4H3,(H,18,22)(H,19,21). The van der Waals surface area contributed by atoms with Crippen molar-refractivity contribution in [1.82, 2.24) is 15.5 Å². The number of rotatable bonds is 8. The number of aryl methyl sites for hydroxylation is 2. The third kappa shape index (κ3) is 7.22. The van der Waals surface area contributed by atoms with E-state index in [4.69, 9.17) is 0 Å². The molecule has 0 aliphatic heterocycles. The fraction of sp³-hybridized carbons (Fsp3) is 0.529. The molecule has 1 rings (SSSR count). The van der Waals surface area contributed by atoms with E-state index < -0.39 is 0 Å². The first-order valence-corrected chi connectivity index (χ1v) is 7.64. The zero-order valence-corrected chi connectivity index (χ0v) is 14.0. The summed E-state index contributed by atoms with van der Waals surface area (Å²) in [5, 5.41) is 5.46. The molecule has 0 saturated carbocycles. The number of amides is 2. The third-order valence-electron chi connectivity index (χ3n) is 3.68. The molecule has 0 bridgehead atoms. The lowest BCUT2D eigenvalue weighted by Gasteiger charge is -2.19. The number of hydrogen-bond donors (Lipinski definition) is 2. The number of nitrogens with one attached hydrogen (secondary N) is 2. The molecule has 0 fully saturated rings. The Kier molecular flexibility index (Phi) is 7.60. The fourth-order valence-corrected chi connectivity index (χ4v) is 1.79. The maximum atomic E-state index is 11.7. The van der Waals surface area contributed by atoms with Crippen molar-refractivity contribution in [2.45, 2.75) is 32.7 Å². The Morgan fingerprint density at radius 3 is 2.32 bits per heavy atom. The van der Waals surface area contributed by atoms with Crippen molar-refractivity contribution in [2.24, 2.45) is 0 Å². The summed E-state index contributed by atoms with van der Waals surface area (Å²) in [5.41, 5.74) is 2.34. The molecule has 22 heavy (non-hydrogen) atoms. The van der Waals surface area contributed by atoms with Crippen LogP contribution in [0.2, 0.25) is 0 Å². The number of likely N-dealkylation sites (N-methyl/N-ethyl adjacent to an activating group) is 1. The van der Waals surface area contributed by atoms with Crippen LogP contribution in [-0.4, -0.2) is 49.9 Å². The van der Waals surface area contributed by atoms with E-state index in [0.29, 0.717) is 19.4 Å². The molecule has 122 valence electrons. The van der Waals surface area contributed by atoms with Crippen LogP contribution >= 0.6 is 0 Å². The van der Waals surface area contributed by atoms with E-state index in [2.05, 4.69) is 10.6 Å². The van der Waals surface area contributed by atoms with Gasteiger partial charge in [-0.05, 0) is 39.9 Å². The monoisotopic (exact) mass is 305 g/mol. The van der Waals surface area contributed by atoms with E-state index in [-0.39, 0.29) is 24.4 Å². The normalized spacial score (nSPS) is 12.0. The van der Waals surface area contributed by atoms with Gasteiger partial charge >= 0.3 is 0 Å². The van der Waals surface area contributed by atoms with Crippen LogP contribution < -0.4 is 10.6 Å². The Morgan fingerprint density at radius 1 is 1.09 bits per heavy atom. The smallest absolute Gasteiger partial charge is 0.239 e. The summed E-state index contributed by atoms with van der Waals surface area (Å²) < 4.78 is 0. The van der Waals surface area contributed by atoms with Gasteiger partial charge in [0.05, 0.1) is 6.54 Å². The molecule has 5 nitrogen and oxygen atoms in total. The van der Waals surface area contributed by atoms with Crippen LogP contribution in [0.5, 0.6) is 0 Å². The van der Waals surface area contributed by atoms with Crippen molar-refractivity contribution < 1.29 is 9.59 Å². The van der Waals surface area contributed by atoms with Crippen LogP contribution in [0.15, 0.2) is 24.3 Å². The number of carbonyl (C=O) groups excluding carboxylic acids is 2. The molecule has 1 unspecified atom stereocenters. The quantitative estimate of drug-likeness (QED) is 0.756. The van der Waals surface area contributed by atoms with Gasteiger partial charge in [-0.25, -0.2) is 0 Å². The Labute approximate surface area is 133 Å². The molecule has 1 aromatic rings. The second-order valence-corrected chi connectivity index (χ2v) is 5.88. The van der Waals surface area contributed by atoms with Crippen molar-refractivity contribution >= 4 is 11.8 Å². The topological polar surface area (TPSA) is 61.4 Å². The highest BCUT2D eigenvalue weighted by Gasteiger charge is 2.08. The highest BCUT2D eigenvalue weighted by Crippen LogP contribution is 2.05. The predicted molar refractivity (Wildman–Crippen MR) is 88.7 cm³/mol. The van der Waals surface area contributed by atoms with Gasteiger partial charge in [-0.1, -0.05) is 29.8 Å². The van der Waals surface area contributed by atoms with Crippen LogP contribution in [0.1, 0.15) is 24.5 Å². The molecule has 0 radical (unpaired) electrons. The zero-order chi connectivity index (χ0) is 16.5. The average Bonchev–Trinajstić information content (AvgIpc) is 2.49. The molecule has 0 saturated heterocycles. The van der Waals surface area contributed by atoms with Crippen LogP contribution in [0, 0.1) is 6.92 Å². The molecule has 1 atom stereocenters. The summed E-state index contributed by atoms with van der Waals surface area (Å²) in [6.45, 7) is 4.67. The van der Waals surface area contributed by atoms with Crippen molar-refractivity contribution in [3.63, 3.8) is 0 Å². The maximum Gasteiger partial charge on any atom is 0.239 e. The van der Waals surface area contributed by atoms with Gasteiger partial charge < -0.3 is 15.5 Å². The predicted octanol–water partition coefficient (Wildman–Crippen LogP) is 1.11. The van der Waals surface area contributed by atoms with Gasteiger partial charge in [0.2, 0.25) is 11.8 Å². The van der Waals surface area contributed by atoms with E-state index >= 15 is 0 Å². The Bertz CT molecular complexity index is 483. The molecule has 0 spiro atoms. The van der Waals surface area contributed by atoms with Gasteiger partial charge in [0.15, 0.2) is 0 Å². The lowest BCUT2D eigenvalue weighted by Crippen LogP contribution is -2.42. The maximum absolute atomic E-state index is 11.7. The second-order valence-electron chi connectivity index (χ2n) is 5.88. The Morgan fingerprint density at radius 2 is 1.73 bits per heavy atom. The molecule has 2 amide bonds. The minimum absolute atomic E-state index is 0.0346. The van der Waals surface area contributed by atoms with E-state index in [0.717, 1.165) is 5.56 Å². The molecule has 5 heteroatoms. The summed E-state index contributed by atoms with van der Waals surface area (Å²) in [7, 11) is 3.92. The van der Waals surface area contributed by atoms with Gasteiger partial charge in [0.1, 0.15) is 0 Å². The first kappa shape index (κ1) is 18.2. The first-order chi connectivity index (χ1) is 10.4. The van der Waals surface area contributed by atoms with E-state index in [1.54, 1.807) is 0 Å². The first-order valence-electron chi connectivity index (χ1n) is 7.64. The van der Waals surface area contributed by atoms with Crippen LogP contribution in [0.3, 0.4) is 0 Å². The molecule has 0 aromatic heterocycles. The molecule has 2 N–H and O–H groups in total. The van der Waals surface area contributed by atoms with Crippen LogP contribution in [0.25, 0.3) is 0 Å². The van der Waals surface area contributed by atoms with Crippen molar-refractivity contribution in [2.75, 3.05) is 27.2 Å². The van der Waals surface area contributed by atoms with E-state index in [9.17, 15) is 9.59 Å². The summed E-state index contributed by atoms with van der Waals surface area (Å²) in [6.07, 6.45) is 1.08. The highest BCUT2D eigenvalue weighted by atomic mass is 16.2. The average molecular weight is 305 g/mol. The van der Waals surface area contributed by atoms with Crippen molar-refractivity contribution in [1.29, 1.82) is 0 Å². The highest BCUT2D eigenvalue weighted by molar-refractivity contribution is 5.84. The lowest BCUT2D eigenvalue weighted by molar-refractivity contribution is -0.126. The minimum Gasteiger partial charge on any atom is -0.353 e. The summed E-state index contributed by atoms with van der Waals surface area (Å²) in [5.74, 6) is -0.256. The molecule has 1 aromatic carbocycles. The SMILES string of the molecule is Cc1ccc(CCC(=O)NCC(=O)NCC(C)N(C)C)cc1. The lowest BCUT2D eigenvalue weighted by atomic mass is 10.1. The minimum atomic E-state index is -0.155. The van der Waals surface area contributed by atoms with Crippen molar-refractivity contribution in [3.05, 3.63) is 35.4 Å². The molecular formula is C17H27N3O2. The van der Waals surface area contributed by atoms with E-state index in [1.807, 2.05) is 57.1 Å². The second kappa shape index (κ2) is 9.20. The van der Waals surface area contributed by atoms with Crippen LogP contribution in [0.4, 0.5) is 0 Å². The number of carbonyl (C=O) groups is 2.